The van der Waals surface area contributed by atoms with Crippen LogP contribution in [0.25, 0.3) is 0 Å². The molecule has 3 atom stereocenters. The first-order valence-electron chi connectivity index (χ1n) is 6.41. The van der Waals surface area contributed by atoms with Crippen LogP contribution in [0.3, 0.4) is 0 Å². The van der Waals surface area contributed by atoms with E-state index in [1.165, 1.54) is 0 Å². The number of allylic oxidation sites excluding steroid dienone is 2. The van der Waals surface area contributed by atoms with E-state index in [4.69, 9.17) is 4.74 Å². The van der Waals surface area contributed by atoms with Crippen molar-refractivity contribution in [2.24, 2.45) is 11.8 Å². The summed E-state index contributed by atoms with van der Waals surface area (Å²) in [6.07, 6.45) is 0.982. The summed E-state index contributed by atoms with van der Waals surface area (Å²) in [5, 5.41) is 0. The van der Waals surface area contributed by atoms with Crippen molar-refractivity contribution in [2.75, 3.05) is 13.2 Å². The number of rotatable bonds is 5. The van der Waals surface area contributed by atoms with Gasteiger partial charge in [-0.25, -0.2) is 4.58 Å². The minimum absolute atomic E-state index is 0.124. The number of hydrogen-bond acceptors (Lipinski definition) is 1. The lowest BCUT2D eigenvalue weighted by atomic mass is 9.84. The van der Waals surface area contributed by atoms with Gasteiger partial charge in [0.2, 0.25) is 0 Å². The average molecular weight is 276 g/mol. The molecule has 0 aromatic heterocycles. The smallest absolute Gasteiger partial charge is 0.422 e. The van der Waals surface area contributed by atoms with E-state index in [0.29, 0.717) is 5.76 Å². The molecule has 0 spiro atoms. The third-order valence-corrected chi connectivity index (χ3v) is 3.46. The molecular weight excluding hydrogens is 255 g/mol. The Morgan fingerprint density at radius 3 is 2.58 bits per heavy atom. The lowest BCUT2D eigenvalue weighted by Crippen LogP contribution is -2.33. The van der Waals surface area contributed by atoms with E-state index in [1.807, 2.05) is 24.5 Å². The van der Waals surface area contributed by atoms with Gasteiger partial charge in [-0.1, -0.05) is 13.0 Å². The highest BCUT2D eigenvalue weighted by atomic mass is 19.4. The lowest BCUT2D eigenvalue weighted by Gasteiger charge is -2.26. The average Bonchev–Trinajstić information content (AvgIpc) is 2.34. The van der Waals surface area contributed by atoms with Gasteiger partial charge in [-0.15, -0.1) is 0 Å². The normalized spacial score (nSPS) is 24.8. The van der Waals surface area contributed by atoms with Crippen molar-refractivity contribution in [2.45, 2.75) is 33.0 Å². The van der Waals surface area contributed by atoms with Crippen LogP contribution < -0.4 is 0 Å². The third kappa shape index (κ3) is 4.73. The monoisotopic (exact) mass is 276 g/mol. The van der Waals surface area contributed by atoms with Gasteiger partial charge in [-0.3, -0.25) is 0 Å². The highest BCUT2D eigenvalue weighted by Crippen LogP contribution is 2.28. The molecule has 0 bridgehead atoms. The van der Waals surface area contributed by atoms with Gasteiger partial charge in [-0.2, -0.15) is 13.2 Å². The first kappa shape index (κ1) is 15.8. The van der Waals surface area contributed by atoms with E-state index >= 15 is 0 Å². The Labute approximate surface area is 112 Å². The second kappa shape index (κ2) is 6.26. The van der Waals surface area contributed by atoms with Gasteiger partial charge >= 0.3 is 6.18 Å². The highest BCUT2D eigenvalue weighted by molar-refractivity contribution is 5.22. The van der Waals surface area contributed by atoms with Gasteiger partial charge in [0.05, 0.1) is 0 Å². The maximum atomic E-state index is 12.1. The van der Waals surface area contributed by atoms with Gasteiger partial charge < -0.3 is 4.74 Å². The summed E-state index contributed by atoms with van der Waals surface area (Å²) in [7, 11) is 0. The number of alkyl halides is 3. The molecule has 0 aromatic carbocycles. The zero-order valence-corrected chi connectivity index (χ0v) is 11.6. The molecule has 0 fully saturated rings. The molecule has 0 amide bonds. The van der Waals surface area contributed by atoms with Crippen LogP contribution in [-0.2, 0) is 4.74 Å². The molecule has 5 heteroatoms. The fraction of sp³-hybridized carbons (Fsp3) is 0.643. The molecule has 0 aliphatic heterocycles. The molecule has 108 valence electrons. The molecule has 2 nitrogen and oxygen atoms in total. The van der Waals surface area contributed by atoms with Gasteiger partial charge in [-0.05, 0) is 31.9 Å². The van der Waals surface area contributed by atoms with Gasteiger partial charge in [0, 0.05) is 5.92 Å². The quantitative estimate of drug-likeness (QED) is 0.554. The van der Waals surface area contributed by atoms with E-state index in [1.54, 1.807) is 12.2 Å². The van der Waals surface area contributed by atoms with E-state index in [0.717, 1.165) is 6.54 Å². The number of halogens is 3. The fourth-order valence-electron chi connectivity index (χ4n) is 2.20. The van der Waals surface area contributed by atoms with Crippen LogP contribution >= 0.6 is 0 Å². The number of hydrogen-bond donors (Lipinski definition) is 0. The molecule has 0 saturated carbocycles. The summed E-state index contributed by atoms with van der Waals surface area (Å²) in [5.74, 6) is 0.648. The third-order valence-electron chi connectivity index (χ3n) is 3.46. The zero-order chi connectivity index (χ0) is 14.6. The SMILES string of the molecule is C=[N+](CC)C(C)C1C=CC(OCC(F)(F)F)=CC1C. The first-order valence-corrected chi connectivity index (χ1v) is 6.41. The summed E-state index contributed by atoms with van der Waals surface area (Å²) in [4.78, 5) is 0. The maximum Gasteiger partial charge on any atom is 0.422 e. The molecule has 0 aromatic rings. The maximum absolute atomic E-state index is 12.1. The van der Waals surface area contributed by atoms with Crippen molar-refractivity contribution < 1.29 is 22.5 Å². The zero-order valence-electron chi connectivity index (χ0n) is 11.6. The van der Waals surface area contributed by atoms with Crippen LogP contribution in [-0.4, -0.2) is 36.7 Å². The Hall–Kier alpha value is -1.26. The molecule has 1 aliphatic rings. The van der Waals surface area contributed by atoms with E-state index < -0.39 is 12.8 Å². The Balaban J connectivity index is 2.63. The largest absolute Gasteiger partial charge is 0.484 e. The molecule has 1 aliphatic carbocycles. The Kier molecular flexibility index (Phi) is 5.20. The molecule has 0 N–H and O–H groups in total. The topological polar surface area (TPSA) is 12.2 Å². The molecular formula is C14H21F3NO+. The summed E-state index contributed by atoms with van der Waals surface area (Å²) in [6.45, 7) is 9.61. The number of ether oxygens (including phenoxy) is 1. The molecule has 0 saturated heterocycles. The van der Waals surface area contributed by atoms with Crippen LogP contribution in [0.15, 0.2) is 24.0 Å². The van der Waals surface area contributed by atoms with Crippen LogP contribution in [0.1, 0.15) is 20.8 Å². The van der Waals surface area contributed by atoms with Crippen molar-refractivity contribution in [3.63, 3.8) is 0 Å². The second-order valence-corrected chi connectivity index (χ2v) is 4.91. The Morgan fingerprint density at radius 1 is 1.47 bits per heavy atom. The molecule has 19 heavy (non-hydrogen) atoms. The Bertz CT molecular complexity index is 385. The van der Waals surface area contributed by atoms with Gasteiger partial charge in [0.25, 0.3) is 0 Å². The van der Waals surface area contributed by atoms with E-state index in [-0.39, 0.29) is 17.9 Å². The first-order chi connectivity index (χ1) is 8.74. The van der Waals surface area contributed by atoms with Crippen molar-refractivity contribution >= 4 is 6.72 Å². The molecule has 1 rings (SSSR count). The summed E-state index contributed by atoms with van der Waals surface area (Å²) >= 11 is 0. The van der Waals surface area contributed by atoms with Crippen molar-refractivity contribution in [3.05, 3.63) is 24.0 Å². The van der Waals surface area contributed by atoms with Crippen molar-refractivity contribution in [1.29, 1.82) is 0 Å². The van der Waals surface area contributed by atoms with Crippen LogP contribution in [0.2, 0.25) is 0 Å². The van der Waals surface area contributed by atoms with Crippen molar-refractivity contribution in [1.82, 2.24) is 0 Å². The summed E-state index contributed by atoms with van der Waals surface area (Å²) in [5.41, 5.74) is 0. The van der Waals surface area contributed by atoms with E-state index in [2.05, 4.69) is 13.6 Å². The van der Waals surface area contributed by atoms with Gasteiger partial charge in [0.1, 0.15) is 19.0 Å². The van der Waals surface area contributed by atoms with Crippen LogP contribution in [0.5, 0.6) is 0 Å². The molecule has 0 radical (unpaired) electrons. The predicted molar refractivity (Wildman–Crippen MR) is 69.3 cm³/mol. The summed E-state index contributed by atoms with van der Waals surface area (Å²) in [6, 6.07) is 0.233. The molecule has 0 heterocycles. The number of nitrogens with zero attached hydrogens (tertiary/aromatic N) is 1. The highest BCUT2D eigenvalue weighted by Gasteiger charge is 2.31. The summed E-state index contributed by atoms with van der Waals surface area (Å²) < 4.78 is 42.9. The molecule has 3 unspecified atom stereocenters. The minimum Gasteiger partial charge on any atom is -0.484 e. The predicted octanol–water partition coefficient (Wildman–Crippen LogP) is 3.39. The van der Waals surface area contributed by atoms with E-state index in [9.17, 15) is 13.2 Å². The standard InChI is InChI=1S/C14H21F3NO/c1-5-18(4)11(3)13-7-6-12(8-10(13)2)19-9-14(15,16)17/h6-8,10-11,13H,4-5,9H2,1-3H3/q+1. The van der Waals surface area contributed by atoms with Crippen LogP contribution in [0.4, 0.5) is 13.2 Å². The fourth-order valence-corrected chi connectivity index (χ4v) is 2.20. The van der Waals surface area contributed by atoms with Crippen molar-refractivity contribution in [3.8, 4) is 0 Å². The van der Waals surface area contributed by atoms with Gasteiger partial charge in [0.15, 0.2) is 12.6 Å². The lowest BCUT2D eigenvalue weighted by molar-refractivity contribution is -0.558. The van der Waals surface area contributed by atoms with Crippen LogP contribution in [0, 0.1) is 11.8 Å². The minimum atomic E-state index is -4.30. The second-order valence-electron chi connectivity index (χ2n) is 4.91. The Morgan fingerprint density at radius 2 is 2.11 bits per heavy atom.